The Balaban J connectivity index is 1.33. The number of carbonyl (C=O) groups is 2. The monoisotopic (exact) mass is 367 g/mol. The Morgan fingerprint density at radius 2 is 1.52 bits per heavy atom. The van der Waals surface area contributed by atoms with E-state index in [4.69, 9.17) is 0 Å². The molecule has 1 aliphatic heterocycles. The van der Waals surface area contributed by atoms with Crippen LogP contribution in [0.25, 0.3) is 0 Å². The summed E-state index contributed by atoms with van der Waals surface area (Å²) >= 11 is 0. The molecule has 2 fully saturated rings. The fourth-order valence-corrected chi connectivity index (χ4v) is 3.33. The molecule has 2 amide bonds. The van der Waals surface area contributed by atoms with Gasteiger partial charge in [0.15, 0.2) is 0 Å². The Bertz CT molecular complexity index is 824. The first-order valence-corrected chi connectivity index (χ1v) is 9.31. The van der Waals surface area contributed by atoms with Gasteiger partial charge in [0.05, 0.1) is 0 Å². The molecule has 1 N–H and O–H groups in total. The van der Waals surface area contributed by atoms with Crippen LogP contribution >= 0.6 is 0 Å². The van der Waals surface area contributed by atoms with Crippen LogP contribution in [-0.2, 0) is 4.79 Å². The number of carbonyl (C=O) groups excluding carboxylic acids is 2. The van der Waals surface area contributed by atoms with Crippen molar-refractivity contribution in [2.75, 3.05) is 36.4 Å². The largest absolute Gasteiger partial charge is 0.368 e. The van der Waals surface area contributed by atoms with E-state index in [1.807, 2.05) is 29.2 Å². The Hall–Kier alpha value is -2.89. The van der Waals surface area contributed by atoms with Gasteiger partial charge in [-0.1, -0.05) is 0 Å². The number of nitrogens with zero attached hydrogens (tertiary/aromatic N) is 2. The van der Waals surface area contributed by atoms with Crippen molar-refractivity contribution in [3.05, 3.63) is 59.9 Å². The lowest BCUT2D eigenvalue weighted by molar-refractivity contribution is -0.132. The molecule has 2 aromatic carbocycles. The van der Waals surface area contributed by atoms with Gasteiger partial charge in [0, 0.05) is 49.0 Å². The van der Waals surface area contributed by atoms with Gasteiger partial charge in [-0.15, -0.1) is 0 Å². The van der Waals surface area contributed by atoms with Gasteiger partial charge in [-0.2, -0.15) is 0 Å². The van der Waals surface area contributed by atoms with Crippen molar-refractivity contribution in [1.82, 2.24) is 4.90 Å². The number of hydrogen-bond donors (Lipinski definition) is 1. The van der Waals surface area contributed by atoms with Gasteiger partial charge in [-0.05, 0) is 61.4 Å². The fourth-order valence-electron chi connectivity index (χ4n) is 3.33. The number of halogens is 1. The lowest BCUT2D eigenvalue weighted by Gasteiger charge is -2.36. The van der Waals surface area contributed by atoms with Crippen molar-refractivity contribution >= 4 is 23.2 Å². The summed E-state index contributed by atoms with van der Waals surface area (Å²) in [6.45, 7) is 3.16. The van der Waals surface area contributed by atoms with Gasteiger partial charge >= 0.3 is 0 Å². The second-order valence-corrected chi connectivity index (χ2v) is 7.09. The molecule has 2 aromatic rings. The third kappa shape index (κ3) is 4.10. The molecule has 1 saturated carbocycles. The number of anilines is 2. The highest BCUT2D eigenvalue weighted by atomic mass is 19.1. The molecule has 2 aliphatic rings. The minimum Gasteiger partial charge on any atom is -0.368 e. The highest BCUT2D eigenvalue weighted by molar-refractivity contribution is 6.04. The van der Waals surface area contributed by atoms with Crippen molar-refractivity contribution < 1.29 is 14.0 Å². The first kappa shape index (κ1) is 17.5. The number of amides is 2. The molecule has 0 bridgehead atoms. The van der Waals surface area contributed by atoms with Gasteiger partial charge < -0.3 is 15.1 Å². The predicted octanol–water partition coefficient (Wildman–Crippen LogP) is 3.14. The minimum atomic E-state index is -0.366. The highest BCUT2D eigenvalue weighted by Gasteiger charge is 2.34. The molecular weight excluding hydrogens is 345 g/mol. The molecule has 27 heavy (non-hydrogen) atoms. The molecule has 0 aromatic heterocycles. The fraction of sp³-hybridized carbons (Fsp3) is 0.333. The average molecular weight is 367 g/mol. The summed E-state index contributed by atoms with van der Waals surface area (Å²) in [5.74, 6) is -0.0427. The van der Waals surface area contributed by atoms with E-state index in [9.17, 15) is 14.0 Å². The summed E-state index contributed by atoms with van der Waals surface area (Å²) < 4.78 is 13.0. The zero-order chi connectivity index (χ0) is 18.8. The van der Waals surface area contributed by atoms with Crippen LogP contribution in [0, 0.1) is 11.7 Å². The summed E-state index contributed by atoms with van der Waals surface area (Å²) in [6, 6.07) is 13.1. The van der Waals surface area contributed by atoms with Gasteiger partial charge in [-0.3, -0.25) is 9.59 Å². The molecule has 6 heteroatoms. The third-order valence-corrected chi connectivity index (χ3v) is 5.11. The normalized spacial score (nSPS) is 16.9. The van der Waals surface area contributed by atoms with E-state index in [1.165, 1.54) is 24.3 Å². The first-order chi connectivity index (χ1) is 13.1. The maximum Gasteiger partial charge on any atom is 0.255 e. The first-order valence-electron chi connectivity index (χ1n) is 9.31. The molecule has 0 radical (unpaired) electrons. The van der Waals surface area contributed by atoms with Crippen LogP contribution in [0.2, 0.25) is 0 Å². The molecule has 5 nitrogen and oxygen atoms in total. The van der Waals surface area contributed by atoms with Crippen LogP contribution in [0.15, 0.2) is 48.5 Å². The SMILES string of the molecule is O=C(Nc1ccc(N2CCN(C(=O)C3CC3)CC2)cc1)c1ccc(F)cc1. The molecular formula is C21H22FN3O2. The maximum atomic E-state index is 13.0. The Labute approximate surface area is 157 Å². The van der Waals surface area contributed by atoms with Crippen molar-refractivity contribution in [3.63, 3.8) is 0 Å². The Morgan fingerprint density at radius 3 is 2.11 bits per heavy atom. The van der Waals surface area contributed by atoms with Crippen molar-refractivity contribution in [3.8, 4) is 0 Å². The summed E-state index contributed by atoms with van der Waals surface area (Å²) in [6.07, 6.45) is 2.09. The van der Waals surface area contributed by atoms with Gasteiger partial charge in [0.2, 0.25) is 5.91 Å². The number of rotatable bonds is 4. The molecule has 4 rings (SSSR count). The van der Waals surface area contributed by atoms with E-state index >= 15 is 0 Å². The smallest absolute Gasteiger partial charge is 0.255 e. The number of hydrogen-bond acceptors (Lipinski definition) is 3. The number of piperazine rings is 1. The highest BCUT2D eigenvalue weighted by Crippen LogP contribution is 2.31. The molecule has 1 saturated heterocycles. The quantitative estimate of drug-likeness (QED) is 0.903. The minimum absolute atomic E-state index is 0.269. The molecule has 0 atom stereocenters. The second kappa shape index (κ2) is 7.39. The molecule has 0 unspecified atom stereocenters. The summed E-state index contributed by atoms with van der Waals surface area (Å²) in [5, 5.41) is 2.82. The van der Waals surface area contributed by atoms with Crippen LogP contribution in [-0.4, -0.2) is 42.9 Å². The van der Waals surface area contributed by atoms with Gasteiger partial charge in [0.25, 0.3) is 5.91 Å². The van der Waals surface area contributed by atoms with E-state index < -0.39 is 0 Å². The van der Waals surface area contributed by atoms with Crippen LogP contribution < -0.4 is 10.2 Å². The van der Waals surface area contributed by atoms with E-state index in [2.05, 4.69) is 10.2 Å². The Kier molecular flexibility index (Phi) is 4.79. The lowest BCUT2D eigenvalue weighted by atomic mass is 10.2. The average Bonchev–Trinajstić information content (AvgIpc) is 3.54. The molecule has 1 aliphatic carbocycles. The van der Waals surface area contributed by atoms with E-state index in [0.717, 1.165) is 44.7 Å². The summed E-state index contributed by atoms with van der Waals surface area (Å²) in [7, 11) is 0. The standard InChI is InChI=1S/C21H22FN3O2/c22-17-5-3-15(4-6-17)20(26)23-18-7-9-19(10-8-18)24-11-13-25(14-12-24)21(27)16-1-2-16/h3-10,16H,1-2,11-14H2,(H,23,26). The van der Waals surface area contributed by atoms with Gasteiger partial charge in [-0.25, -0.2) is 4.39 Å². The zero-order valence-electron chi connectivity index (χ0n) is 15.0. The van der Waals surface area contributed by atoms with E-state index in [0.29, 0.717) is 17.2 Å². The number of benzene rings is 2. The van der Waals surface area contributed by atoms with Crippen LogP contribution in [0.1, 0.15) is 23.2 Å². The van der Waals surface area contributed by atoms with Crippen molar-refractivity contribution in [1.29, 1.82) is 0 Å². The topological polar surface area (TPSA) is 52.7 Å². The Morgan fingerprint density at radius 1 is 0.889 bits per heavy atom. The lowest BCUT2D eigenvalue weighted by Crippen LogP contribution is -2.49. The third-order valence-electron chi connectivity index (χ3n) is 5.11. The summed E-state index contributed by atoms with van der Waals surface area (Å²) in [5.41, 5.74) is 2.18. The van der Waals surface area contributed by atoms with E-state index in [-0.39, 0.29) is 17.6 Å². The summed E-state index contributed by atoms with van der Waals surface area (Å²) in [4.78, 5) is 28.6. The molecule has 1 heterocycles. The van der Waals surface area contributed by atoms with Crippen molar-refractivity contribution in [2.24, 2.45) is 5.92 Å². The van der Waals surface area contributed by atoms with Gasteiger partial charge in [0.1, 0.15) is 5.82 Å². The van der Waals surface area contributed by atoms with Crippen molar-refractivity contribution in [2.45, 2.75) is 12.8 Å². The van der Waals surface area contributed by atoms with Crippen LogP contribution in [0.4, 0.5) is 15.8 Å². The van der Waals surface area contributed by atoms with Crippen LogP contribution in [0.3, 0.4) is 0 Å². The second-order valence-electron chi connectivity index (χ2n) is 7.09. The number of nitrogens with one attached hydrogen (secondary N) is 1. The van der Waals surface area contributed by atoms with E-state index in [1.54, 1.807) is 0 Å². The molecule has 140 valence electrons. The zero-order valence-corrected chi connectivity index (χ0v) is 15.0. The maximum absolute atomic E-state index is 13.0. The predicted molar refractivity (Wildman–Crippen MR) is 102 cm³/mol. The van der Waals surface area contributed by atoms with Crippen LogP contribution in [0.5, 0.6) is 0 Å². The molecule has 0 spiro atoms.